The van der Waals surface area contributed by atoms with Gasteiger partial charge >= 0.3 is 0 Å². The Bertz CT molecular complexity index is 574. The zero-order chi connectivity index (χ0) is 14.0. The molecule has 1 aliphatic rings. The number of benzene rings is 1. The lowest BCUT2D eigenvalue weighted by Gasteiger charge is -2.26. The van der Waals surface area contributed by atoms with Crippen molar-refractivity contribution in [1.29, 1.82) is 0 Å². The summed E-state index contributed by atoms with van der Waals surface area (Å²) in [4.78, 5) is -0.382. The number of hydrogen-bond donors (Lipinski definition) is 1. The Hall–Kier alpha value is -0.340. The smallest absolute Gasteiger partial charge is 0.246 e. The monoisotopic (exact) mass is 324 g/mol. The number of hydrogen-bond acceptors (Lipinski definition) is 4. The number of halogens is 2. The van der Waals surface area contributed by atoms with E-state index in [0.29, 0.717) is 24.6 Å². The van der Waals surface area contributed by atoms with Crippen LogP contribution >= 0.6 is 23.4 Å². The molecule has 1 aliphatic heterocycles. The predicted molar refractivity (Wildman–Crippen MR) is 75.4 cm³/mol. The Morgan fingerprint density at radius 2 is 2.00 bits per heavy atom. The van der Waals surface area contributed by atoms with Gasteiger partial charge in [0.05, 0.1) is 0 Å². The van der Waals surface area contributed by atoms with Crippen molar-refractivity contribution in [3.63, 3.8) is 0 Å². The molecule has 1 heterocycles. The van der Waals surface area contributed by atoms with Crippen LogP contribution in [0.2, 0.25) is 5.02 Å². The molecular weight excluding hydrogens is 311 g/mol. The highest BCUT2D eigenvalue weighted by atomic mass is 35.5. The van der Waals surface area contributed by atoms with Crippen LogP contribution in [0.5, 0.6) is 0 Å². The second kappa shape index (κ2) is 5.97. The first kappa shape index (κ1) is 15.1. The summed E-state index contributed by atoms with van der Waals surface area (Å²) in [5, 5.41) is 0.173. The Labute approximate surface area is 121 Å². The number of rotatable bonds is 3. The summed E-state index contributed by atoms with van der Waals surface area (Å²) in [6.45, 7) is 0.679. The zero-order valence-corrected chi connectivity index (χ0v) is 12.5. The minimum atomic E-state index is -3.84. The molecule has 0 radical (unpaired) electrons. The van der Waals surface area contributed by atoms with Gasteiger partial charge in [-0.2, -0.15) is 16.1 Å². The maximum Gasteiger partial charge on any atom is 0.246 e. The third kappa shape index (κ3) is 3.05. The van der Waals surface area contributed by atoms with E-state index >= 15 is 0 Å². The Morgan fingerprint density at radius 1 is 1.37 bits per heavy atom. The zero-order valence-electron chi connectivity index (χ0n) is 10.1. The number of nitrogens with zero attached hydrogens (tertiary/aromatic N) is 1. The van der Waals surface area contributed by atoms with Crippen LogP contribution in [0.25, 0.3) is 0 Å². The van der Waals surface area contributed by atoms with E-state index in [2.05, 4.69) is 0 Å². The van der Waals surface area contributed by atoms with Gasteiger partial charge < -0.3 is 5.73 Å². The predicted octanol–water partition coefficient (Wildman–Crippen LogP) is 1.68. The summed E-state index contributed by atoms with van der Waals surface area (Å²) in [6.07, 6.45) is 0. The molecule has 1 saturated heterocycles. The number of thioether (sulfide) groups is 1. The molecule has 4 nitrogen and oxygen atoms in total. The molecule has 1 aromatic carbocycles. The SMILES string of the molecule is NCc1cc(Cl)cc(S(=O)(=O)N2CCSCC2)c1F. The lowest BCUT2D eigenvalue weighted by Crippen LogP contribution is -2.38. The molecule has 0 saturated carbocycles. The van der Waals surface area contributed by atoms with Gasteiger partial charge in [0, 0.05) is 41.7 Å². The molecule has 0 atom stereocenters. The minimum absolute atomic E-state index is 0.0925. The maximum absolute atomic E-state index is 14.2. The van der Waals surface area contributed by atoms with E-state index in [9.17, 15) is 12.8 Å². The van der Waals surface area contributed by atoms with Crippen LogP contribution in [0.3, 0.4) is 0 Å². The standard InChI is InChI=1S/C11H14ClFN2O2S2/c12-9-5-8(7-14)11(13)10(6-9)19(16,17)15-1-3-18-4-2-15/h5-6H,1-4,7,14H2. The van der Waals surface area contributed by atoms with Crippen molar-refractivity contribution in [2.75, 3.05) is 24.6 Å². The molecule has 1 fully saturated rings. The summed E-state index contributed by atoms with van der Waals surface area (Å²) in [7, 11) is -3.84. The minimum Gasteiger partial charge on any atom is -0.326 e. The van der Waals surface area contributed by atoms with Crippen molar-refractivity contribution in [2.45, 2.75) is 11.4 Å². The summed E-state index contributed by atoms with van der Waals surface area (Å²) in [5.41, 5.74) is 5.51. The van der Waals surface area contributed by atoms with Gasteiger partial charge in [-0.1, -0.05) is 11.6 Å². The first-order valence-corrected chi connectivity index (χ1v) is 8.70. The lowest BCUT2D eigenvalue weighted by atomic mass is 10.2. The molecule has 2 N–H and O–H groups in total. The Balaban J connectivity index is 2.47. The van der Waals surface area contributed by atoms with Crippen molar-refractivity contribution in [3.05, 3.63) is 28.5 Å². The van der Waals surface area contributed by atoms with Crippen molar-refractivity contribution in [1.82, 2.24) is 4.31 Å². The fourth-order valence-corrected chi connectivity index (χ4v) is 4.90. The molecule has 106 valence electrons. The highest BCUT2D eigenvalue weighted by Crippen LogP contribution is 2.27. The highest BCUT2D eigenvalue weighted by molar-refractivity contribution is 7.99. The van der Waals surface area contributed by atoms with Gasteiger partial charge in [-0.15, -0.1) is 0 Å². The fraction of sp³-hybridized carbons (Fsp3) is 0.455. The van der Waals surface area contributed by atoms with Gasteiger partial charge in [0.1, 0.15) is 10.7 Å². The highest BCUT2D eigenvalue weighted by Gasteiger charge is 2.30. The third-order valence-electron chi connectivity index (χ3n) is 2.89. The van der Waals surface area contributed by atoms with Crippen LogP contribution < -0.4 is 5.73 Å². The topological polar surface area (TPSA) is 63.4 Å². The van der Waals surface area contributed by atoms with Crippen molar-refractivity contribution in [3.8, 4) is 0 Å². The summed E-state index contributed by atoms with van der Waals surface area (Å²) >= 11 is 7.52. The van der Waals surface area contributed by atoms with E-state index in [0.717, 1.165) is 6.07 Å². The normalized spacial score (nSPS) is 17.6. The first-order chi connectivity index (χ1) is 8.96. The van der Waals surface area contributed by atoms with E-state index in [1.165, 1.54) is 10.4 Å². The second-order valence-corrected chi connectivity index (χ2v) is 7.67. The average molecular weight is 325 g/mol. The van der Waals surface area contributed by atoms with Gasteiger partial charge in [0.15, 0.2) is 0 Å². The molecule has 19 heavy (non-hydrogen) atoms. The van der Waals surface area contributed by atoms with Gasteiger partial charge in [-0.3, -0.25) is 0 Å². The van der Waals surface area contributed by atoms with Crippen LogP contribution in [0.4, 0.5) is 4.39 Å². The second-order valence-electron chi connectivity index (χ2n) is 4.10. The van der Waals surface area contributed by atoms with Gasteiger partial charge in [-0.25, -0.2) is 12.8 Å². The van der Waals surface area contributed by atoms with E-state index in [4.69, 9.17) is 17.3 Å². The summed E-state index contributed by atoms with van der Waals surface area (Å²) in [6, 6.07) is 2.50. The first-order valence-electron chi connectivity index (χ1n) is 5.72. The quantitative estimate of drug-likeness (QED) is 0.918. The number of nitrogens with two attached hydrogens (primary N) is 1. The number of sulfonamides is 1. The summed E-state index contributed by atoms with van der Waals surface area (Å²) in [5.74, 6) is 0.626. The molecule has 0 unspecified atom stereocenters. The molecule has 0 amide bonds. The van der Waals surface area contributed by atoms with Crippen molar-refractivity contribution in [2.24, 2.45) is 5.73 Å². The van der Waals surface area contributed by atoms with E-state index in [1.54, 1.807) is 11.8 Å². The van der Waals surface area contributed by atoms with Crippen LogP contribution in [0.1, 0.15) is 5.56 Å². The molecule has 0 bridgehead atoms. The summed E-state index contributed by atoms with van der Waals surface area (Å²) < 4.78 is 40.3. The van der Waals surface area contributed by atoms with Gasteiger partial charge in [0.2, 0.25) is 10.0 Å². The van der Waals surface area contributed by atoms with Crippen LogP contribution in [-0.2, 0) is 16.6 Å². The molecule has 8 heteroatoms. The molecule has 0 aliphatic carbocycles. The third-order valence-corrected chi connectivity index (χ3v) is 5.95. The largest absolute Gasteiger partial charge is 0.326 e. The Morgan fingerprint density at radius 3 is 2.58 bits per heavy atom. The van der Waals surface area contributed by atoms with Crippen molar-refractivity contribution >= 4 is 33.4 Å². The fourth-order valence-electron chi connectivity index (χ4n) is 1.88. The molecule has 2 rings (SSSR count). The molecule has 0 aromatic heterocycles. The van der Waals surface area contributed by atoms with Crippen molar-refractivity contribution < 1.29 is 12.8 Å². The van der Waals surface area contributed by atoms with Crippen LogP contribution in [0, 0.1) is 5.82 Å². The molecule has 1 aromatic rings. The average Bonchev–Trinajstić information content (AvgIpc) is 2.41. The lowest BCUT2D eigenvalue weighted by molar-refractivity contribution is 0.437. The van der Waals surface area contributed by atoms with E-state index in [1.807, 2.05) is 0 Å². The van der Waals surface area contributed by atoms with E-state index < -0.39 is 15.8 Å². The Kier molecular flexibility index (Phi) is 4.73. The molecular formula is C11H14ClFN2O2S2. The van der Waals surface area contributed by atoms with Crippen LogP contribution in [0.15, 0.2) is 17.0 Å². The maximum atomic E-state index is 14.2. The van der Waals surface area contributed by atoms with Crippen LogP contribution in [-0.4, -0.2) is 37.3 Å². The van der Waals surface area contributed by atoms with Gasteiger partial charge in [0.25, 0.3) is 0 Å². The molecule has 0 spiro atoms. The van der Waals surface area contributed by atoms with E-state index in [-0.39, 0.29) is 22.0 Å². The van der Waals surface area contributed by atoms with Gasteiger partial charge in [-0.05, 0) is 12.1 Å².